The average Bonchev–Trinajstić information content (AvgIpc) is 2.30. The first kappa shape index (κ1) is 9.66. The normalized spacial score (nSPS) is 22.2. The quantitative estimate of drug-likeness (QED) is 0.761. The smallest absolute Gasteiger partial charge is 0.115 e. The second-order valence-electron chi connectivity index (χ2n) is 3.83. The standard InChI is InChI=1S/C12H16FN/c13-9-10-5-1-2-6-11(10)12-7-3-4-8-14-12/h1-2,5-6,12,14H,3-4,7-9H2. The highest BCUT2D eigenvalue weighted by molar-refractivity contribution is 5.29. The fourth-order valence-corrected chi connectivity index (χ4v) is 2.11. The molecule has 1 fully saturated rings. The predicted octanol–water partition coefficient (Wildman–Crippen LogP) is 2.97. The topological polar surface area (TPSA) is 12.0 Å². The summed E-state index contributed by atoms with van der Waals surface area (Å²) in [5, 5.41) is 3.44. The zero-order valence-corrected chi connectivity index (χ0v) is 8.30. The number of rotatable bonds is 2. The molecule has 0 aromatic heterocycles. The van der Waals surface area contributed by atoms with Crippen LogP contribution in [0.1, 0.15) is 36.4 Å². The van der Waals surface area contributed by atoms with Gasteiger partial charge in [0.05, 0.1) is 0 Å². The summed E-state index contributed by atoms with van der Waals surface area (Å²) >= 11 is 0. The molecule has 0 radical (unpaired) electrons. The lowest BCUT2D eigenvalue weighted by Crippen LogP contribution is -2.27. The van der Waals surface area contributed by atoms with Gasteiger partial charge in [-0.05, 0) is 30.5 Å². The van der Waals surface area contributed by atoms with E-state index in [9.17, 15) is 4.39 Å². The van der Waals surface area contributed by atoms with E-state index in [1.807, 2.05) is 24.3 Å². The minimum atomic E-state index is -0.353. The summed E-state index contributed by atoms with van der Waals surface area (Å²) in [4.78, 5) is 0. The Bertz CT molecular complexity index is 292. The van der Waals surface area contributed by atoms with Crippen LogP contribution in [0.2, 0.25) is 0 Å². The largest absolute Gasteiger partial charge is 0.310 e. The molecule has 1 saturated heterocycles. The van der Waals surface area contributed by atoms with Gasteiger partial charge >= 0.3 is 0 Å². The van der Waals surface area contributed by atoms with Gasteiger partial charge in [-0.3, -0.25) is 0 Å². The second kappa shape index (κ2) is 4.56. The maximum absolute atomic E-state index is 12.7. The van der Waals surface area contributed by atoms with Crippen molar-refractivity contribution in [1.29, 1.82) is 0 Å². The molecule has 0 saturated carbocycles. The minimum absolute atomic E-state index is 0.353. The first-order valence-corrected chi connectivity index (χ1v) is 5.29. The summed E-state index contributed by atoms with van der Waals surface area (Å²) in [6.45, 7) is 0.708. The van der Waals surface area contributed by atoms with E-state index in [0.717, 1.165) is 24.1 Å². The van der Waals surface area contributed by atoms with Crippen LogP contribution in [-0.2, 0) is 6.67 Å². The van der Waals surface area contributed by atoms with Crippen molar-refractivity contribution >= 4 is 0 Å². The van der Waals surface area contributed by atoms with Gasteiger partial charge in [0.15, 0.2) is 0 Å². The maximum Gasteiger partial charge on any atom is 0.115 e. The van der Waals surface area contributed by atoms with Crippen molar-refractivity contribution in [3.8, 4) is 0 Å². The molecule has 1 heterocycles. The van der Waals surface area contributed by atoms with E-state index < -0.39 is 0 Å². The van der Waals surface area contributed by atoms with E-state index in [0.29, 0.717) is 6.04 Å². The third-order valence-corrected chi connectivity index (χ3v) is 2.88. The number of alkyl halides is 1. The fourth-order valence-electron chi connectivity index (χ4n) is 2.11. The molecule has 1 atom stereocenters. The number of halogens is 1. The summed E-state index contributed by atoms with van der Waals surface area (Å²) in [7, 11) is 0. The molecule has 0 amide bonds. The van der Waals surface area contributed by atoms with Crippen LogP contribution in [0.4, 0.5) is 4.39 Å². The van der Waals surface area contributed by atoms with Gasteiger partial charge in [-0.15, -0.1) is 0 Å². The Kier molecular flexibility index (Phi) is 3.14. The highest BCUT2D eigenvalue weighted by atomic mass is 19.1. The molecule has 1 nitrogen and oxygen atoms in total. The van der Waals surface area contributed by atoms with E-state index in [4.69, 9.17) is 0 Å². The van der Waals surface area contributed by atoms with Crippen molar-refractivity contribution in [2.24, 2.45) is 0 Å². The second-order valence-corrected chi connectivity index (χ2v) is 3.83. The van der Waals surface area contributed by atoms with Crippen molar-refractivity contribution in [3.05, 3.63) is 35.4 Å². The molecule has 1 unspecified atom stereocenters. The third-order valence-electron chi connectivity index (χ3n) is 2.88. The molecule has 2 rings (SSSR count). The molecular weight excluding hydrogens is 177 g/mol. The molecule has 14 heavy (non-hydrogen) atoms. The minimum Gasteiger partial charge on any atom is -0.310 e. The Hall–Kier alpha value is -0.890. The number of piperidine rings is 1. The predicted molar refractivity (Wildman–Crippen MR) is 55.8 cm³/mol. The monoisotopic (exact) mass is 193 g/mol. The molecule has 1 aliphatic rings. The van der Waals surface area contributed by atoms with Crippen molar-refractivity contribution < 1.29 is 4.39 Å². The Labute approximate surface area is 84.3 Å². The Morgan fingerprint density at radius 3 is 2.86 bits per heavy atom. The van der Waals surface area contributed by atoms with Crippen molar-refractivity contribution in [1.82, 2.24) is 5.32 Å². The average molecular weight is 193 g/mol. The van der Waals surface area contributed by atoms with Gasteiger partial charge in [0.2, 0.25) is 0 Å². The molecular formula is C12H16FN. The third kappa shape index (κ3) is 1.95. The summed E-state index contributed by atoms with van der Waals surface area (Å²) in [5.41, 5.74) is 1.99. The first-order valence-electron chi connectivity index (χ1n) is 5.29. The zero-order chi connectivity index (χ0) is 9.80. The zero-order valence-electron chi connectivity index (χ0n) is 8.30. The molecule has 1 aromatic rings. The van der Waals surface area contributed by atoms with Crippen LogP contribution in [0.5, 0.6) is 0 Å². The van der Waals surface area contributed by atoms with E-state index in [1.54, 1.807) is 0 Å². The number of benzene rings is 1. The van der Waals surface area contributed by atoms with Gasteiger partial charge in [0, 0.05) is 6.04 Å². The van der Waals surface area contributed by atoms with E-state index in [-0.39, 0.29) is 6.67 Å². The highest BCUT2D eigenvalue weighted by Crippen LogP contribution is 2.26. The van der Waals surface area contributed by atoms with Crippen LogP contribution < -0.4 is 5.32 Å². The van der Waals surface area contributed by atoms with Crippen LogP contribution in [-0.4, -0.2) is 6.54 Å². The number of hydrogen-bond acceptors (Lipinski definition) is 1. The SMILES string of the molecule is FCc1ccccc1C1CCCCN1. The van der Waals surface area contributed by atoms with Gasteiger partial charge in [0.25, 0.3) is 0 Å². The maximum atomic E-state index is 12.7. The number of hydrogen-bond donors (Lipinski definition) is 1. The van der Waals surface area contributed by atoms with Crippen molar-refractivity contribution in [2.75, 3.05) is 6.54 Å². The van der Waals surface area contributed by atoms with Crippen LogP contribution >= 0.6 is 0 Å². The lowest BCUT2D eigenvalue weighted by atomic mass is 9.94. The van der Waals surface area contributed by atoms with Crippen LogP contribution in [0.3, 0.4) is 0 Å². The highest BCUT2D eigenvalue weighted by Gasteiger charge is 2.16. The Morgan fingerprint density at radius 1 is 1.29 bits per heavy atom. The summed E-state index contributed by atoms with van der Waals surface area (Å²) in [5.74, 6) is 0. The Morgan fingerprint density at radius 2 is 2.14 bits per heavy atom. The lowest BCUT2D eigenvalue weighted by molar-refractivity contribution is 0.403. The molecule has 1 aromatic carbocycles. The van der Waals surface area contributed by atoms with Gasteiger partial charge < -0.3 is 5.32 Å². The van der Waals surface area contributed by atoms with Crippen LogP contribution in [0.25, 0.3) is 0 Å². The van der Waals surface area contributed by atoms with Gasteiger partial charge in [0.1, 0.15) is 6.67 Å². The van der Waals surface area contributed by atoms with Gasteiger partial charge in [-0.1, -0.05) is 30.7 Å². The van der Waals surface area contributed by atoms with Gasteiger partial charge in [-0.25, -0.2) is 4.39 Å². The molecule has 0 aliphatic carbocycles. The molecule has 76 valence electrons. The summed E-state index contributed by atoms with van der Waals surface area (Å²) < 4.78 is 12.7. The van der Waals surface area contributed by atoms with Gasteiger partial charge in [-0.2, -0.15) is 0 Å². The van der Waals surface area contributed by atoms with Crippen molar-refractivity contribution in [2.45, 2.75) is 32.0 Å². The number of nitrogens with one attached hydrogen (secondary N) is 1. The molecule has 0 spiro atoms. The first-order chi connectivity index (χ1) is 6.92. The summed E-state index contributed by atoms with van der Waals surface area (Å²) in [6, 6.07) is 8.19. The van der Waals surface area contributed by atoms with E-state index in [1.165, 1.54) is 12.8 Å². The van der Waals surface area contributed by atoms with Crippen LogP contribution in [0, 0.1) is 0 Å². The van der Waals surface area contributed by atoms with E-state index >= 15 is 0 Å². The molecule has 0 bridgehead atoms. The van der Waals surface area contributed by atoms with Crippen LogP contribution in [0.15, 0.2) is 24.3 Å². The molecule has 1 aliphatic heterocycles. The molecule has 2 heteroatoms. The molecule has 1 N–H and O–H groups in total. The van der Waals surface area contributed by atoms with E-state index in [2.05, 4.69) is 5.32 Å². The lowest BCUT2D eigenvalue weighted by Gasteiger charge is -2.25. The Balaban J connectivity index is 2.20. The van der Waals surface area contributed by atoms with Crippen molar-refractivity contribution in [3.63, 3.8) is 0 Å². The fraction of sp³-hybridized carbons (Fsp3) is 0.500. The summed E-state index contributed by atoms with van der Waals surface area (Å²) in [6.07, 6.45) is 3.63.